The van der Waals surface area contributed by atoms with Gasteiger partial charge in [-0.2, -0.15) is 0 Å². The van der Waals surface area contributed by atoms with Gasteiger partial charge in [0.1, 0.15) is 11.6 Å². The molecule has 2 aromatic carbocycles. The Kier molecular flexibility index (Phi) is 6.60. The standard InChI is InChI=1S/C33H38FN5O/c34-28-3-7-30(8-4-28)38-11-13-39(14-12-38)31-18-23(9-10-35-31)22-36-32(40)37-29-5-1-27(2-6-29)33-19-24-15-25(20-33)17-26(16-24)21-33/h1-10,18,24-26H,11-17,19-22H2,(H2,36,37,40). The lowest BCUT2D eigenvalue weighted by Crippen LogP contribution is -2.48. The highest BCUT2D eigenvalue weighted by Crippen LogP contribution is 2.60. The molecule has 4 saturated carbocycles. The van der Waals surface area contributed by atoms with Crippen LogP contribution in [0.2, 0.25) is 0 Å². The van der Waals surface area contributed by atoms with Gasteiger partial charge in [0.25, 0.3) is 0 Å². The molecule has 1 saturated heterocycles. The second-order valence-electron chi connectivity index (χ2n) is 12.6. The van der Waals surface area contributed by atoms with Crippen LogP contribution in [0.15, 0.2) is 66.9 Å². The minimum absolute atomic E-state index is 0.200. The average molecular weight is 540 g/mol. The fourth-order valence-corrected chi connectivity index (χ4v) is 8.32. The second kappa shape index (κ2) is 10.4. The maximum Gasteiger partial charge on any atom is 0.319 e. The maximum atomic E-state index is 13.3. The Labute approximate surface area is 236 Å². The predicted octanol–water partition coefficient (Wildman–Crippen LogP) is 6.34. The number of hydrogen-bond donors (Lipinski definition) is 2. The Balaban J connectivity index is 0.913. The number of hydrogen-bond acceptors (Lipinski definition) is 4. The van der Waals surface area contributed by atoms with Crippen LogP contribution in [0, 0.1) is 23.6 Å². The van der Waals surface area contributed by atoms with Gasteiger partial charge in [-0.05, 0) is 121 Å². The van der Waals surface area contributed by atoms with Crippen LogP contribution in [0.4, 0.5) is 26.4 Å². The summed E-state index contributed by atoms with van der Waals surface area (Å²) in [6, 6.07) is 19.1. The van der Waals surface area contributed by atoms with Crippen LogP contribution in [0.5, 0.6) is 0 Å². The van der Waals surface area contributed by atoms with Crippen LogP contribution in [-0.4, -0.2) is 37.2 Å². The van der Waals surface area contributed by atoms with E-state index in [1.165, 1.54) is 56.2 Å². The summed E-state index contributed by atoms with van der Waals surface area (Å²) >= 11 is 0. The number of rotatable bonds is 6. The van der Waals surface area contributed by atoms with Crippen LogP contribution in [0.25, 0.3) is 0 Å². The molecule has 0 spiro atoms. The van der Waals surface area contributed by atoms with Crippen molar-refractivity contribution in [1.29, 1.82) is 0 Å². The molecular formula is C33H38FN5O. The van der Waals surface area contributed by atoms with Gasteiger partial charge in [-0.3, -0.25) is 0 Å². The number of anilines is 3. The zero-order valence-corrected chi connectivity index (χ0v) is 23.0. The van der Waals surface area contributed by atoms with Crippen molar-refractivity contribution in [3.63, 3.8) is 0 Å². The van der Waals surface area contributed by atoms with Crippen molar-refractivity contribution in [1.82, 2.24) is 10.3 Å². The normalized spacial score (nSPS) is 27.1. The molecule has 2 heterocycles. The van der Waals surface area contributed by atoms with E-state index in [4.69, 9.17) is 0 Å². The maximum absolute atomic E-state index is 13.3. The third kappa shape index (κ3) is 5.14. The van der Waals surface area contributed by atoms with E-state index in [-0.39, 0.29) is 11.8 Å². The third-order valence-electron chi connectivity index (χ3n) is 9.85. The van der Waals surface area contributed by atoms with Crippen LogP contribution in [0.3, 0.4) is 0 Å². The highest BCUT2D eigenvalue weighted by molar-refractivity contribution is 5.89. The van der Waals surface area contributed by atoms with E-state index in [1.54, 1.807) is 6.20 Å². The number of aromatic nitrogens is 1. The minimum Gasteiger partial charge on any atom is -0.368 e. The molecule has 5 fully saturated rings. The van der Waals surface area contributed by atoms with Crippen LogP contribution >= 0.6 is 0 Å². The Hall–Kier alpha value is -3.61. The van der Waals surface area contributed by atoms with Gasteiger partial charge in [-0.25, -0.2) is 14.2 Å². The molecule has 0 unspecified atom stereocenters. The summed E-state index contributed by atoms with van der Waals surface area (Å²) in [6.07, 6.45) is 10.2. The monoisotopic (exact) mass is 539 g/mol. The lowest BCUT2D eigenvalue weighted by Gasteiger charge is -2.57. The van der Waals surface area contributed by atoms with Crippen molar-refractivity contribution in [2.45, 2.75) is 50.5 Å². The van der Waals surface area contributed by atoms with Crippen molar-refractivity contribution in [2.75, 3.05) is 41.3 Å². The molecule has 1 aliphatic heterocycles. The Morgan fingerprint density at radius 3 is 2.12 bits per heavy atom. The first-order chi connectivity index (χ1) is 19.5. The smallest absolute Gasteiger partial charge is 0.319 e. The summed E-state index contributed by atoms with van der Waals surface area (Å²) < 4.78 is 13.3. The molecule has 8 rings (SSSR count). The average Bonchev–Trinajstić information content (AvgIpc) is 2.96. The molecule has 3 aromatic rings. The number of piperazine rings is 1. The van der Waals surface area contributed by atoms with E-state index >= 15 is 0 Å². The van der Waals surface area contributed by atoms with Gasteiger partial charge in [0.2, 0.25) is 0 Å². The molecule has 0 atom stereocenters. The van der Waals surface area contributed by atoms with Crippen molar-refractivity contribution >= 4 is 23.2 Å². The Morgan fingerprint density at radius 2 is 1.48 bits per heavy atom. The summed E-state index contributed by atoms with van der Waals surface area (Å²) in [6.45, 7) is 3.80. The fraction of sp³-hybridized carbons (Fsp3) is 0.455. The Morgan fingerprint density at radius 1 is 0.850 bits per heavy atom. The molecular weight excluding hydrogens is 501 g/mol. The fourth-order valence-electron chi connectivity index (χ4n) is 8.32. The molecule has 1 aromatic heterocycles. The first kappa shape index (κ1) is 25.4. The molecule has 2 amide bonds. The number of carbonyl (C=O) groups is 1. The molecule has 2 N–H and O–H groups in total. The van der Waals surface area contributed by atoms with E-state index in [1.807, 2.05) is 24.3 Å². The van der Waals surface area contributed by atoms with Crippen molar-refractivity contribution < 1.29 is 9.18 Å². The third-order valence-corrected chi connectivity index (χ3v) is 9.85. The second-order valence-corrected chi connectivity index (χ2v) is 12.6. The van der Waals surface area contributed by atoms with Gasteiger partial charge in [0.05, 0.1) is 0 Å². The summed E-state index contributed by atoms with van der Waals surface area (Å²) in [7, 11) is 0. The van der Waals surface area contributed by atoms with Gasteiger partial charge in [-0.1, -0.05) is 12.1 Å². The minimum atomic E-state index is -0.212. The molecule has 4 bridgehead atoms. The summed E-state index contributed by atoms with van der Waals surface area (Å²) in [5.41, 5.74) is 4.74. The number of nitrogens with zero attached hydrogens (tertiary/aromatic N) is 3. The topological polar surface area (TPSA) is 60.5 Å². The van der Waals surface area contributed by atoms with E-state index in [9.17, 15) is 9.18 Å². The SMILES string of the molecule is O=C(NCc1ccnc(N2CCN(c3ccc(F)cc3)CC2)c1)Nc1ccc(C23CC4CC(CC(C4)C2)C3)cc1. The number of carbonyl (C=O) groups excluding carboxylic acids is 1. The molecule has 6 nitrogen and oxygen atoms in total. The number of benzene rings is 2. The van der Waals surface area contributed by atoms with Gasteiger partial charge >= 0.3 is 6.03 Å². The quantitative estimate of drug-likeness (QED) is 0.384. The largest absolute Gasteiger partial charge is 0.368 e. The number of halogens is 1. The molecule has 0 radical (unpaired) electrons. The van der Waals surface area contributed by atoms with Gasteiger partial charge in [-0.15, -0.1) is 0 Å². The molecule has 4 aliphatic carbocycles. The molecule has 7 heteroatoms. The number of urea groups is 1. The van der Waals surface area contributed by atoms with Crippen LogP contribution < -0.4 is 20.4 Å². The summed E-state index contributed by atoms with van der Waals surface area (Å²) in [5, 5.41) is 6.01. The number of pyridine rings is 1. The van der Waals surface area contributed by atoms with Crippen molar-refractivity contribution in [3.05, 3.63) is 83.8 Å². The lowest BCUT2D eigenvalue weighted by atomic mass is 9.48. The van der Waals surface area contributed by atoms with Crippen LogP contribution in [-0.2, 0) is 12.0 Å². The van der Waals surface area contributed by atoms with Crippen molar-refractivity contribution in [3.8, 4) is 0 Å². The van der Waals surface area contributed by atoms with Gasteiger partial charge in [0.15, 0.2) is 0 Å². The predicted molar refractivity (Wildman–Crippen MR) is 157 cm³/mol. The number of amides is 2. The summed E-state index contributed by atoms with van der Waals surface area (Å²) in [5.74, 6) is 3.48. The van der Waals surface area contributed by atoms with Crippen LogP contribution in [0.1, 0.15) is 49.7 Å². The number of nitrogens with one attached hydrogen (secondary N) is 2. The zero-order valence-electron chi connectivity index (χ0n) is 23.0. The highest BCUT2D eigenvalue weighted by Gasteiger charge is 2.51. The lowest BCUT2D eigenvalue weighted by molar-refractivity contribution is -0.00518. The van der Waals surface area contributed by atoms with Gasteiger partial charge in [0, 0.05) is 50.3 Å². The Bertz CT molecular complexity index is 1310. The first-order valence-electron chi connectivity index (χ1n) is 14.9. The highest BCUT2D eigenvalue weighted by atomic mass is 19.1. The van der Waals surface area contributed by atoms with E-state index < -0.39 is 0 Å². The van der Waals surface area contributed by atoms with E-state index in [2.05, 4.69) is 49.7 Å². The first-order valence-corrected chi connectivity index (χ1v) is 14.9. The van der Waals surface area contributed by atoms with Crippen molar-refractivity contribution in [2.24, 2.45) is 17.8 Å². The zero-order chi connectivity index (χ0) is 27.1. The molecule has 208 valence electrons. The molecule has 5 aliphatic rings. The van der Waals surface area contributed by atoms with Gasteiger partial charge < -0.3 is 20.4 Å². The molecule has 40 heavy (non-hydrogen) atoms. The summed E-state index contributed by atoms with van der Waals surface area (Å²) in [4.78, 5) is 21.8. The van der Waals surface area contributed by atoms with E-state index in [0.717, 1.165) is 66.7 Å². The van der Waals surface area contributed by atoms with E-state index in [0.29, 0.717) is 12.0 Å².